The third-order valence-electron chi connectivity index (χ3n) is 3.04. The van der Waals surface area contributed by atoms with Crippen molar-refractivity contribution in [3.63, 3.8) is 0 Å². The highest BCUT2D eigenvalue weighted by atomic mass is 35.7. The Morgan fingerprint density at radius 3 is 2.68 bits per heavy atom. The lowest BCUT2D eigenvalue weighted by atomic mass is 10.1. The quantitative estimate of drug-likeness (QED) is 0.689. The molecule has 0 spiro atoms. The zero-order valence-electron chi connectivity index (χ0n) is 11.4. The average Bonchev–Trinajstić information content (AvgIpc) is 2.36. The highest BCUT2D eigenvalue weighted by Gasteiger charge is 2.09. The maximum Gasteiger partial charge on any atom is 0.232 e. The van der Waals surface area contributed by atoms with Gasteiger partial charge in [0.05, 0.1) is 12.4 Å². The number of hydrogen-bond acceptors (Lipinski definition) is 3. The topological polar surface area (TPSA) is 43.4 Å². The molecular formula is C14H21ClO3S. The van der Waals surface area contributed by atoms with Crippen molar-refractivity contribution in [1.29, 1.82) is 0 Å². The lowest BCUT2D eigenvalue weighted by molar-refractivity contribution is 0.281. The molecule has 1 unspecified atom stereocenters. The molecule has 1 aromatic carbocycles. The third-order valence-corrected chi connectivity index (χ3v) is 4.23. The van der Waals surface area contributed by atoms with E-state index < -0.39 is 9.05 Å². The normalized spacial score (nSPS) is 13.2. The molecule has 1 rings (SSSR count). The van der Waals surface area contributed by atoms with E-state index in [0.29, 0.717) is 13.0 Å². The van der Waals surface area contributed by atoms with Gasteiger partial charge in [0.25, 0.3) is 0 Å². The smallest absolute Gasteiger partial charge is 0.232 e. The fourth-order valence-corrected chi connectivity index (χ4v) is 2.67. The van der Waals surface area contributed by atoms with Gasteiger partial charge in [-0.25, -0.2) is 8.42 Å². The lowest BCUT2D eigenvalue weighted by Crippen LogP contribution is -2.08. The average molecular weight is 305 g/mol. The zero-order valence-corrected chi connectivity index (χ0v) is 13.0. The molecule has 0 bridgehead atoms. The van der Waals surface area contributed by atoms with Crippen LogP contribution in [0.2, 0.25) is 0 Å². The van der Waals surface area contributed by atoms with E-state index in [1.165, 1.54) is 5.56 Å². The van der Waals surface area contributed by atoms with Crippen LogP contribution in [0.1, 0.15) is 32.3 Å². The summed E-state index contributed by atoms with van der Waals surface area (Å²) in [5.41, 5.74) is 1.25. The van der Waals surface area contributed by atoms with Gasteiger partial charge in [0, 0.05) is 10.7 Å². The predicted octanol–water partition coefficient (Wildman–Crippen LogP) is 3.61. The van der Waals surface area contributed by atoms with E-state index in [9.17, 15) is 8.42 Å². The molecule has 0 amide bonds. The van der Waals surface area contributed by atoms with Crippen molar-refractivity contribution in [3.8, 4) is 5.75 Å². The maximum atomic E-state index is 10.8. The molecule has 108 valence electrons. The van der Waals surface area contributed by atoms with Crippen LogP contribution in [0.4, 0.5) is 0 Å². The summed E-state index contributed by atoms with van der Waals surface area (Å²) < 4.78 is 27.3. The monoisotopic (exact) mass is 304 g/mol. The number of ether oxygens (including phenoxy) is 1. The van der Waals surface area contributed by atoms with Gasteiger partial charge in [-0.15, -0.1) is 0 Å². The standard InChI is InChI=1S/C14H21ClO3S/c1-3-13-5-4-6-14(11-13)18-9-7-12(2)8-10-19(15,16)17/h4-6,11-12H,3,7-10H2,1-2H3. The second-order valence-corrected chi connectivity index (χ2v) is 7.67. The Bertz CT molecular complexity index is 485. The summed E-state index contributed by atoms with van der Waals surface area (Å²) in [6.07, 6.45) is 2.38. The molecule has 19 heavy (non-hydrogen) atoms. The van der Waals surface area contributed by atoms with Crippen LogP contribution in [0, 0.1) is 5.92 Å². The fourth-order valence-electron chi connectivity index (χ4n) is 1.72. The number of halogens is 1. The van der Waals surface area contributed by atoms with Crippen molar-refractivity contribution < 1.29 is 13.2 Å². The van der Waals surface area contributed by atoms with Crippen molar-refractivity contribution in [2.75, 3.05) is 12.4 Å². The van der Waals surface area contributed by atoms with E-state index in [1.54, 1.807) is 0 Å². The van der Waals surface area contributed by atoms with Gasteiger partial charge >= 0.3 is 0 Å². The molecule has 3 nitrogen and oxygen atoms in total. The first-order valence-corrected chi connectivity index (χ1v) is 9.02. The number of rotatable bonds is 8. The summed E-state index contributed by atoms with van der Waals surface area (Å²) in [6.45, 7) is 4.71. The molecule has 0 N–H and O–H groups in total. The predicted molar refractivity (Wildman–Crippen MR) is 79.4 cm³/mol. The molecule has 0 saturated heterocycles. The molecule has 0 saturated carbocycles. The SMILES string of the molecule is CCc1cccc(OCCC(C)CCS(=O)(=O)Cl)c1. The van der Waals surface area contributed by atoms with Gasteiger partial charge in [-0.3, -0.25) is 0 Å². The highest BCUT2D eigenvalue weighted by Crippen LogP contribution is 2.16. The van der Waals surface area contributed by atoms with E-state index in [2.05, 4.69) is 13.0 Å². The first kappa shape index (κ1) is 16.3. The Morgan fingerprint density at radius 1 is 1.32 bits per heavy atom. The second-order valence-electron chi connectivity index (χ2n) is 4.77. The summed E-state index contributed by atoms with van der Waals surface area (Å²) in [7, 11) is 1.81. The first-order chi connectivity index (χ1) is 8.90. The van der Waals surface area contributed by atoms with Crippen LogP contribution in [-0.4, -0.2) is 20.8 Å². The minimum atomic E-state index is -3.37. The van der Waals surface area contributed by atoms with Gasteiger partial charge in [-0.1, -0.05) is 26.0 Å². The van der Waals surface area contributed by atoms with Crippen molar-refractivity contribution in [2.45, 2.75) is 33.1 Å². The molecule has 5 heteroatoms. The van der Waals surface area contributed by atoms with E-state index in [1.807, 2.05) is 25.1 Å². The molecular weight excluding hydrogens is 284 g/mol. The number of aryl methyl sites for hydroxylation is 1. The van der Waals surface area contributed by atoms with Gasteiger partial charge in [-0.2, -0.15) is 0 Å². The Morgan fingerprint density at radius 2 is 2.05 bits per heavy atom. The van der Waals surface area contributed by atoms with Crippen LogP contribution in [0.5, 0.6) is 5.75 Å². The Labute approximate surface area is 120 Å². The van der Waals surface area contributed by atoms with Crippen LogP contribution in [0.15, 0.2) is 24.3 Å². The zero-order chi connectivity index (χ0) is 14.3. The van der Waals surface area contributed by atoms with Gasteiger partial charge in [0.15, 0.2) is 0 Å². The fraction of sp³-hybridized carbons (Fsp3) is 0.571. The summed E-state index contributed by atoms with van der Waals surface area (Å²) >= 11 is 0. The molecule has 0 aromatic heterocycles. The molecule has 0 aliphatic rings. The number of benzene rings is 1. The van der Waals surface area contributed by atoms with Crippen LogP contribution in [0.3, 0.4) is 0 Å². The molecule has 1 aromatic rings. The summed E-state index contributed by atoms with van der Waals surface area (Å²) in [5.74, 6) is 1.18. The molecule has 0 aliphatic heterocycles. The van der Waals surface area contributed by atoms with Crippen LogP contribution in [0.25, 0.3) is 0 Å². The largest absolute Gasteiger partial charge is 0.494 e. The lowest BCUT2D eigenvalue weighted by Gasteiger charge is -2.12. The van der Waals surface area contributed by atoms with E-state index >= 15 is 0 Å². The second kappa shape index (κ2) is 7.75. The van der Waals surface area contributed by atoms with Gasteiger partial charge in [-0.05, 0) is 42.9 Å². The summed E-state index contributed by atoms with van der Waals surface area (Å²) in [4.78, 5) is 0. The summed E-state index contributed by atoms with van der Waals surface area (Å²) in [6, 6.07) is 8.03. The van der Waals surface area contributed by atoms with Gasteiger partial charge in [0.2, 0.25) is 9.05 Å². The molecule has 1 atom stereocenters. The van der Waals surface area contributed by atoms with Crippen molar-refractivity contribution >= 4 is 19.7 Å². The van der Waals surface area contributed by atoms with Crippen molar-refractivity contribution in [1.82, 2.24) is 0 Å². The molecule has 0 aliphatic carbocycles. The van der Waals surface area contributed by atoms with Gasteiger partial charge in [0.1, 0.15) is 5.75 Å². The Hall–Kier alpha value is -0.740. The minimum Gasteiger partial charge on any atom is -0.494 e. The van der Waals surface area contributed by atoms with Crippen LogP contribution in [-0.2, 0) is 15.5 Å². The van der Waals surface area contributed by atoms with Gasteiger partial charge < -0.3 is 4.74 Å². The first-order valence-electron chi connectivity index (χ1n) is 6.54. The van der Waals surface area contributed by atoms with E-state index in [4.69, 9.17) is 15.4 Å². The highest BCUT2D eigenvalue weighted by molar-refractivity contribution is 8.13. The van der Waals surface area contributed by atoms with Crippen LogP contribution < -0.4 is 4.74 Å². The Balaban J connectivity index is 2.29. The third kappa shape index (κ3) is 7.43. The molecule has 0 radical (unpaired) electrons. The van der Waals surface area contributed by atoms with Crippen LogP contribution >= 0.6 is 10.7 Å². The summed E-state index contributed by atoms with van der Waals surface area (Å²) in [5, 5.41) is 0. The van der Waals surface area contributed by atoms with E-state index in [-0.39, 0.29) is 11.7 Å². The molecule has 0 heterocycles. The Kier molecular flexibility index (Phi) is 6.66. The van der Waals surface area contributed by atoms with Crippen molar-refractivity contribution in [2.24, 2.45) is 5.92 Å². The minimum absolute atomic E-state index is 0.0288. The van der Waals surface area contributed by atoms with E-state index in [0.717, 1.165) is 18.6 Å². The molecule has 0 fully saturated rings. The van der Waals surface area contributed by atoms with Crippen molar-refractivity contribution in [3.05, 3.63) is 29.8 Å². The maximum absolute atomic E-state index is 10.8. The number of hydrogen-bond donors (Lipinski definition) is 0.